The van der Waals surface area contributed by atoms with Crippen LogP contribution in [0.4, 0.5) is 11.4 Å². The van der Waals surface area contributed by atoms with Crippen molar-refractivity contribution in [2.75, 3.05) is 22.4 Å². The van der Waals surface area contributed by atoms with Crippen LogP contribution in [0.25, 0.3) is 0 Å². The second-order valence-corrected chi connectivity index (χ2v) is 8.72. The largest absolute Gasteiger partial charge is 0.491 e. The van der Waals surface area contributed by atoms with Gasteiger partial charge in [-0.3, -0.25) is 9.10 Å². The third-order valence-corrected chi connectivity index (χ3v) is 5.16. The molecule has 0 aliphatic carbocycles. The first-order valence-corrected chi connectivity index (χ1v) is 10.6. The van der Waals surface area contributed by atoms with Crippen LogP contribution in [0.2, 0.25) is 0 Å². The fourth-order valence-corrected chi connectivity index (χ4v) is 3.49. The molecule has 1 amide bonds. The van der Waals surface area contributed by atoms with Crippen molar-refractivity contribution in [1.82, 2.24) is 0 Å². The van der Waals surface area contributed by atoms with Crippen molar-refractivity contribution in [3.63, 3.8) is 0 Å². The zero-order chi connectivity index (χ0) is 19.3. The Labute approximate surface area is 162 Å². The average Bonchev–Trinajstić information content (AvgIpc) is 2.54. The topological polar surface area (TPSA) is 75.7 Å². The fourth-order valence-electron chi connectivity index (χ4n) is 2.25. The smallest absolute Gasteiger partial charge is 0.245 e. The van der Waals surface area contributed by atoms with E-state index in [0.29, 0.717) is 17.1 Å². The first kappa shape index (κ1) is 20.3. The predicted octanol–water partition coefficient (Wildman–Crippen LogP) is 3.64. The van der Waals surface area contributed by atoms with Gasteiger partial charge in [-0.05, 0) is 66.2 Å². The number of benzene rings is 2. The highest BCUT2D eigenvalue weighted by molar-refractivity contribution is 9.10. The predicted molar refractivity (Wildman–Crippen MR) is 107 cm³/mol. The van der Waals surface area contributed by atoms with Crippen LogP contribution in [-0.2, 0) is 14.8 Å². The Morgan fingerprint density at radius 3 is 2.31 bits per heavy atom. The third-order valence-electron chi connectivity index (χ3n) is 3.33. The fraction of sp³-hybridized carbons (Fsp3) is 0.278. The molecule has 2 rings (SSSR count). The number of ether oxygens (including phenoxy) is 1. The Kier molecular flexibility index (Phi) is 6.66. The Hall–Kier alpha value is -2.06. The molecule has 2 aromatic rings. The van der Waals surface area contributed by atoms with Gasteiger partial charge in [-0.1, -0.05) is 12.1 Å². The van der Waals surface area contributed by atoms with Gasteiger partial charge in [0.25, 0.3) is 0 Å². The number of halogens is 1. The minimum Gasteiger partial charge on any atom is -0.491 e. The molecule has 1 N–H and O–H groups in total. The summed E-state index contributed by atoms with van der Waals surface area (Å²) in [7, 11) is -3.63. The summed E-state index contributed by atoms with van der Waals surface area (Å²) in [6, 6.07) is 13.7. The number of sulfonamides is 1. The Morgan fingerprint density at radius 1 is 1.15 bits per heavy atom. The van der Waals surface area contributed by atoms with E-state index >= 15 is 0 Å². The van der Waals surface area contributed by atoms with Crippen molar-refractivity contribution in [3.8, 4) is 5.75 Å². The maximum Gasteiger partial charge on any atom is 0.245 e. The number of amides is 1. The monoisotopic (exact) mass is 440 g/mol. The van der Waals surface area contributed by atoms with Crippen LogP contribution in [0.5, 0.6) is 5.75 Å². The quantitative estimate of drug-likeness (QED) is 0.712. The second kappa shape index (κ2) is 8.55. The number of para-hydroxylation sites is 1. The number of nitrogens with one attached hydrogen (secondary N) is 1. The summed E-state index contributed by atoms with van der Waals surface area (Å²) in [4.78, 5) is 12.3. The van der Waals surface area contributed by atoms with E-state index in [0.717, 1.165) is 15.0 Å². The Bertz CT molecular complexity index is 867. The molecule has 6 nitrogen and oxygen atoms in total. The maximum atomic E-state index is 12.3. The SMILES string of the molecule is CC(C)Oc1ccc(N(CC(=O)Nc2ccccc2Br)S(C)(=O)=O)cc1. The van der Waals surface area contributed by atoms with Gasteiger partial charge in [0.1, 0.15) is 12.3 Å². The minimum absolute atomic E-state index is 0.0157. The van der Waals surface area contributed by atoms with Crippen LogP contribution in [0.15, 0.2) is 53.0 Å². The summed E-state index contributed by atoms with van der Waals surface area (Å²) in [5.74, 6) is 0.194. The lowest BCUT2D eigenvalue weighted by atomic mass is 10.3. The van der Waals surface area contributed by atoms with Gasteiger partial charge in [0.05, 0.1) is 23.7 Å². The van der Waals surface area contributed by atoms with E-state index in [-0.39, 0.29) is 12.6 Å². The van der Waals surface area contributed by atoms with Crippen LogP contribution >= 0.6 is 15.9 Å². The molecule has 0 fully saturated rings. The van der Waals surface area contributed by atoms with Crippen LogP contribution in [0.1, 0.15) is 13.8 Å². The number of hydrogen-bond acceptors (Lipinski definition) is 4. The van der Waals surface area contributed by atoms with E-state index in [1.807, 2.05) is 19.9 Å². The van der Waals surface area contributed by atoms with Crippen molar-refractivity contribution < 1.29 is 17.9 Å². The van der Waals surface area contributed by atoms with E-state index in [2.05, 4.69) is 21.2 Å². The number of rotatable bonds is 7. The van der Waals surface area contributed by atoms with Crippen LogP contribution in [0, 0.1) is 0 Å². The zero-order valence-corrected chi connectivity index (χ0v) is 17.2. The summed E-state index contributed by atoms with van der Waals surface area (Å²) in [5, 5.41) is 2.70. The number of anilines is 2. The van der Waals surface area contributed by atoms with Gasteiger partial charge in [-0.2, -0.15) is 0 Å². The highest BCUT2D eigenvalue weighted by Gasteiger charge is 2.21. The third kappa shape index (κ3) is 5.74. The van der Waals surface area contributed by atoms with Crippen molar-refractivity contribution in [2.24, 2.45) is 0 Å². The lowest BCUT2D eigenvalue weighted by Gasteiger charge is -2.22. The first-order valence-electron chi connectivity index (χ1n) is 7.95. The van der Waals surface area contributed by atoms with Gasteiger partial charge in [0.15, 0.2) is 0 Å². The molecule has 140 valence electrons. The minimum atomic E-state index is -3.63. The molecule has 0 unspecified atom stereocenters. The number of nitrogens with zero attached hydrogens (tertiary/aromatic N) is 1. The van der Waals surface area contributed by atoms with Crippen molar-refractivity contribution in [1.29, 1.82) is 0 Å². The summed E-state index contributed by atoms with van der Waals surface area (Å²) in [6.45, 7) is 3.48. The van der Waals surface area contributed by atoms with Crippen molar-refractivity contribution >= 4 is 43.2 Å². The number of hydrogen-bond donors (Lipinski definition) is 1. The first-order chi connectivity index (χ1) is 12.2. The summed E-state index contributed by atoms with van der Waals surface area (Å²) < 4.78 is 31.6. The molecule has 8 heteroatoms. The van der Waals surface area contributed by atoms with Gasteiger partial charge >= 0.3 is 0 Å². The lowest BCUT2D eigenvalue weighted by Crippen LogP contribution is -2.37. The Morgan fingerprint density at radius 2 is 1.77 bits per heavy atom. The van der Waals surface area contributed by atoms with Crippen molar-refractivity contribution in [3.05, 3.63) is 53.0 Å². The second-order valence-electron chi connectivity index (χ2n) is 5.96. The van der Waals surface area contributed by atoms with Crippen LogP contribution < -0.4 is 14.4 Å². The standard InChI is InChI=1S/C18H21BrN2O4S/c1-13(2)25-15-10-8-14(9-11-15)21(26(3,23)24)12-18(22)20-17-7-5-4-6-16(17)19/h4-11,13H,12H2,1-3H3,(H,20,22). The molecule has 0 saturated heterocycles. The molecule has 0 heterocycles. The van der Waals surface area contributed by atoms with E-state index in [1.165, 1.54) is 0 Å². The van der Waals surface area contributed by atoms with Crippen LogP contribution in [0.3, 0.4) is 0 Å². The molecule has 0 aliphatic rings. The maximum absolute atomic E-state index is 12.3. The molecule has 2 aromatic carbocycles. The van der Waals surface area contributed by atoms with Gasteiger partial charge in [-0.25, -0.2) is 8.42 Å². The number of carbonyl (C=O) groups is 1. The van der Waals surface area contributed by atoms with E-state index in [4.69, 9.17) is 4.74 Å². The van der Waals surface area contributed by atoms with Gasteiger partial charge < -0.3 is 10.1 Å². The molecule has 26 heavy (non-hydrogen) atoms. The normalized spacial score (nSPS) is 11.3. The molecule has 0 radical (unpaired) electrons. The molecule has 0 aromatic heterocycles. The van der Waals surface area contributed by atoms with Gasteiger partial charge in [-0.15, -0.1) is 0 Å². The molecule has 0 aliphatic heterocycles. The van der Waals surface area contributed by atoms with E-state index < -0.39 is 15.9 Å². The molecule has 0 atom stereocenters. The molecular formula is C18H21BrN2O4S. The molecule has 0 bridgehead atoms. The highest BCUT2D eigenvalue weighted by Crippen LogP contribution is 2.24. The molecule has 0 spiro atoms. The highest BCUT2D eigenvalue weighted by atomic mass is 79.9. The lowest BCUT2D eigenvalue weighted by molar-refractivity contribution is -0.114. The average molecular weight is 441 g/mol. The zero-order valence-electron chi connectivity index (χ0n) is 14.8. The summed E-state index contributed by atoms with van der Waals surface area (Å²) in [6.07, 6.45) is 1.08. The molecular weight excluding hydrogens is 420 g/mol. The van der Waals surface area contributed by atoms with E-state index in [1.54, 1.807) is 42.5 Å². The van der Waals surface area contributed by atoms with Crippen LogP contribution in [-0.4, -0.2) is 33.2 Å². The van der Waals surface area contributed by atoms with E-state index in [9.17, 15) is 13.2 Å². The Balaban J connectivity index is 2.18. The molecule has 0 saturated carbocycles. The number of carbonyl (C=O) groups excluding carboxylic acids is 1. The summed E-state index contributed by atoms with van der Waals surface area (Å²) in [5.41, 5.74) is 0.970. The van der Waals surface area contributed by atoms with Gasteiger partial charge in [0.2, 0.25) is 15.9 Å². The van der Waals surface area contributed by atoms with Gasteiger partial charge in [0, 0.05) is 4.47 Å². The van der Waals surface area contributed by atoms with Crippen molar-refractivity contribution in [2.45, 2.75) is 20.0 Å². The summed E-state index contributed by atoms with van der Waals surface area (Å²) >= 11 is 3.34.